The summed E-state index contributed by atoms with van der Waals surface area (Å²) >= 11 is 5.95. The molecule has 0 saturated heterocycles. The second-order valence-corrected chi connectivity index (χ2v) is 7.12. The van der Waals surface area contributed by atoms with Gasteiger partial charge in [-0.25, -0.2) is 9.37 Å². The van der Waals surface area contributed by atoms with Crippen molar-refractivity contribution in [2.24, 2.45) is 0 Å². The molecule has 1 aliphatic carbocycles. The minimum atomic E-state index is -0.911. The van der Waals surface area contributed by atoms with Crippen molar-refractivity contribution >= 4 is 23.4 Å². The van der Waals surface area contributed by atoms with Gasteiger partial charge in [0.25, 0.3) is 0 Å². The first-order valence-electron chi connectivity index (χ1n) is 9.29. The van der Waals surface area contributed by atoms with E-state index >= 15 is 0 Å². The van der Waals surface area contributed by atoms with E-state index in [9.17, 15) is 4.39 Å². The van der Waals surface area contributed by atoms with Gasteiger partial charge < -0.3 is 10.6 Å². The van der Waals surface area contributed by atoms with E-state index in [0.29, 0.717) is 23.4 Å². The molecule has 5 nitrogen and oxygen atoms in total. The smallest absolute Gasteiger partial charge is 0.224 e. The van der Waals surface area contributed by atoms with Crippen LogP contribution in [0.2, 0.25) is 5.02 Å². The maximum absolute atomic E-state index is 13.5. The van der Waals surface area contributed by atoms with Gasteiger partial charge >= 0.3 is 0 Å². The second kappa shape index (κ2) is 9.12. The standard InChI is InChI=1S/C19H25ClFN5/c1-2-14(21)11-23-19-24-12-16(17-9-8-13(20)10-22-17)18(26-19)25-15-6-4-3-5-7-15/h8-10,12,14-15H,2-7,11H2,1H3,(H2,23,24,25,26). The van der Waals surface area contributed by atoms with Crippen molar-refractivity contribution in [3.05, 3.63) is 29.5 Å². The molecule has 0 amide bonds. The van der Waals surface area contributed by atoms with Crippen molar-refractivity contribution in [1.82, 2.24) is 15.0 Å². The molecule has 7 heteroatoms. The minimum absolute atomic E-state index is 0.206. The monoisotopic (exact) mass is 377 g/mol. The van der Waals surface area contributed by atoms with Crippen LogP contribution in [-0.4, -0.2) is 33.7 Å². The molecule has 0 aliphatic heterocycles. The average molecular weight is 378 g/mol. The lowest BCUT2D eigenvalue weighted by atomic mass is 9.95. The Morgan fingerprint density at radius 3 is 2.69 bits per heavy atom. The fourth-order valence-electron chi connectivity index (χ4n) is 3.09. The fourth-order valence-corrected chi connectivity index (χ4v) is 3.20. The van der Waals surface area contributed by atoms with Crippen molar-refractivity contribution in [3.63, 3.8) is 0 Å². The SMILES string of the molecule is CCC(F)CNc1ncc(-c2ccc(Cl)cn2)c(NC2CCCCC2)n1. The van der Waals surface area contributed by atoms with Crippen LogP contribution in [0.3, 0.4) is 0 Å². The molecule has 0 radical (unpaired) electrons. The first-order chi connectivity index (χ1) is 12.7. The summed E-state index contributed by atoms with van der Waals surface area (Å²) < 4.78 is 13.5. The van der Waals surface area contributed by atoms with Gasteiger partial charge in [0, 0.05) is 25.0 Å². The summed E-state index contributed by atoms with van der Waals surface area (Å²) in [5, 5.41) is 7.12. The fraction of sp³-hybridized carbons (Fsp3) is 0.526. The molecule has 0 spiro atoms. The molecule has 3 rings (SSSR count). The first-order valence-corrected chi connectivity index (χ1v) is 9.67. The second-order valence-electron chi connectivity index (χ2n) is 6.68. The van der Waals surface area contributed by atoms with Gasteiger partial charge in [0.05, 0.1) is 16.3 Å². The van der Waals surface area contributed by atoms with Gasteiger partial charge in [0.1, 0.15) is 12.0 Å². The number of pyridine rings is 1. The normalized spacial score (nSPS) is 16.3. The van der Waals surface area contributed by atoms with Crippen LogP contribution in [0.5, 0.6) is 0 Å². The molecule has 26 heavy (non-hydrogen) atoms. The van der Waals surface area contributed by atoms with E-state index in [4.69, 9.17) is 11.6 Å². The Kier molecular flexibility index (Phi) is 6.61. The highest BCUT2D eigenvalue weighted by molar-refractivity contribution is 6.30. The zero-order valence-electron chi connectivity index (χ0n) is 15.0. The van der Waals surface area contributed by atoms with Gasteiger partial charge in [-0.15, -0.1) is 0 Å². The molecule has 1 unspecified atom stereocenters. The number of nitrogens with one attached hydrogen (secondary N) is 2. The van der Waals surface area contributed by atoms with Crippen LogP contribution in [0.15, 0.2) is 24.5 Å². The molecule has 140 valence electrons. The molecule has 2 aromatic rings. The number of hydrogen-bond acceptors (Lipinski definition) is 5. The summed E-state index contributed by atoms with van der Waals surface area (Å²) in [6.45, 7) is 2.02. The predicted molar refractivity (Wildman–Crippen MR) is 104 cm³/mol. The number of hydrogen-bond donors (Lipinski definition) is 2. The third-order valence-electron chi connectivity index (χ3n) is 4.66. The zero-order chi connectivity index (χ0) is 18.4. The number of aromatic nitrogens is 3. The van der Waals surface area contributed by atoms with E-state index in [1.165, 1.54) is 19.3 Å². The lowest BCUT2D eigenvalue weighted by Crippen LogP contribution is -2.24. The van der Waals surface area contributed by atoms with E-state index < -0.39 is 6.17 Å². The first kappa shape index (κ1) is 18.8. The Morgan fingerprint density at radius 1 is 1.19 bits per heavy atom. The number of alkyl halides is 1. The molecule has 1 saturated carbocycles. The van der Waals surface area contributed by atoms with Crippen LogP contribution < -0.4 is 10.6 Å². The van der Waals surface area contributed by atoms with Crippen molar-refractivity contribution in [2.75, 3.05) is 17.2 Å². The molecule has 0 aromatic carbocycles. The van der Waals surface area contributed by atoms with Crippen LogP contribution in [0.1, 0.15) is 45.4 Å². The summed E-state index contributed by atoms with van der Waals surface area (Å²) in [7, 11) is 0. The molecular weight excluding hydrogens is 353 g/mol. The van der Waals surface area contributed by atoms with Gasteiger partial charge in [-0.1, -0.05) is 37.8 Å². The highest BCUT2D eigenvalue weighted by Crippen LogP contribution is 2.29. The van der Waals surface area contributed by atoms with Gasteiger partial charge in [0.2, 0.25) is 5.95 Å². The Morgan fingerprint density at radius 2 is 2.00 bits per heavy atom. The van der Waals surface area contributed by atoms with Crippen molar-refractivity contribution in [2.45, 2.75) is 57.7 Å². The van der Waals surface area contributed by atoms with E-state index in [2.05, 4.69) is 25.6 Å². The summed E-state index contributed by atoms with van der Waals surface area (Å²) in [4.78, 5) is 13.3. The third kappa shape index (κ3) is 5.04. The number of nitrogens with zero attached hydrogens (tertiary/aromatic N) is 3. The van der Waals surface area contributed by atoms with Crippen LogP contribution in [0.4, 0.5) is 16.2 Å². The van der Waals surface area contributed by atoms with Crippen LogP contribution in [-0.2, 0) is 0 Å². The maximum atomic E-state index is 13.5. The Hall–Kier alpha value is -1.95. The van der Waals surface area contributed by atoms with E-state index in [1.807, 2.05) is 13.0 Å². The highest BCUT2D eigenvalue weighted by Gasteiger charge is 2.18. The maximum Gasteiger partial charge on any atom is 0.224 e. The van der Waals surface area contributed by atoms with Gasteiger partial charge in [-0.3, -0.25) is 4.98 Å². The number of halogens is 2. The minimum Gasteiger partial charge on any atom is -0.367 e. The van der Waals surface area contributed by atoms with Crippen molar-refractivity contribution in [3.8, 4) is 11.3 Å². The summed E-state index contributed by atoms with van der Waals surface area (Å²) in [5.74, 6) is 1.16. The summed E-state index contributed by atoms with van der Waals surface area (Å²) in [6, 6.07) is 4.05. The Labute approximate surface area is 158 Å². The molecule has 2 N–H and O–H groups in total. The van der Waals surface area contributed by atoms with E-state index in [-0.39, 0.29) is 6.54 Å². The lowest BCUT2D eigenvalue weighted by Gasteiger charge is -2.24. The third-order valence-corrected chi connectivity index (χ3v) is 4.89. The lowest BCUT2D eigenvalue weighted by molar-refractivity contribution is 0.340. The molecule has 2 heterocycles. The summed E-state index contributed by atoms with van der Waals surface area (Å²) in [6.07, 6.45) is 8.89. The molecular formula is C19H25ClFN5. The number of rotatable bonds is 7. The van der Waals surface area contributed by atoms with E-state index in [1.54, 1.807) is 18.5 Å². The van der Waals surface area contributed by atoms with Crippen molar-refractivity contribution in [1.29, 1.82) is 0 Å². The number of anilines is 2. The molecule has 1 fully saturated rings. The van der Waals surface area contributed by atoms with Crippen LogP contribution in [0.25, 0.3) is 11.3 Å². The average Bonchev–Trinajstić information content (AvgIpc) is 2.68. The molecule has 1 aliphatic rings. The van der Waals surface area contributed by atoms with Gasteiger partial charge in [-0.2, -0.15) is 4.98 Å². The highest BCUT2D eigenvalue weighted by atomic mass is 35.5. The van der Waals surface area contributed by atoms with Crippen molar-refractivity contribution < 1.29 is 4.39 Å². The largest absolute Gasteiger partial charge is 0.367 e. The van der Waals surface area contributed by atoms with Crippen LogP contribution >= 0.6 is 11.6 Å². The van der Waals surface area contributed by atoms with Gasteiger partial charge in [-0.05, 0) is 31.4 Å². The Bertz CT molecular complexity index is 704. The summed E-state index contributed by atoms with van der Waals surface area (Å²) in [5.41, 5.74) is 1.58. The molecule has 0 bridgehead atoms. The van der Waals surface area contributed by atoms with E-state index in [0.717, 1.165) is 29.9 Å². The molecule has 1 atom stereocenters. The van der Waals surface area contributed by atoms with Gasteiger partial charge in [0.15, 0.2) is 0 Å². The quantitative estimate of drug-likeness (QED) is 0.703. The zero-order valence-corrected chi connectivity index (χ0v) is 15.8. The van der Waals surface area contributed by atoms with Crippen LogP contribution in [0, 0.1) is 0 Å². The predicted octanol–water partition coefficient (Wildman–Crippen LogP) is 5.10. The Balaban J connectivity index is 1.85. The topological polar surface area (TPSA) is 62.7 Å². The molecule has 2 aromatic heterocycles.